The molecule has 3 aromatic heterocycles. The molecule has 0 saturated carbocycles. The second-order valence-electron chi connectivity index (χ2n) is 5.72. The maximum Gasteiger partial charge on any atom is 0.267 e. The van der Waals surface area contributed by atoms with Gasteiger partial charge in [-0.3, -0.25) is 9.78 Å². The minimum Gasteiger partial charge on any atom is -0.377 e. The normalized spacial score (nSPS) is 19.9. The number of aromatic nitrogens is 5. The Morgan fingerprint density at radius 2 is 2.20 bits per heavy atom. The van der Waals surface area contributed by atoms with Crippen LogP contribution in [0.4, 0.5) is 5.13 Å². The molecule has 1 N–H and O–H groups in total. The molecule has 3 aromatic rings. The molecule has 2 atom stereocenters. The van der Waals surface area contributed by atoms with Gasteiger partial charge in [-0.1, -0.05) is 11.3 Å². The Hall–Kier alpha value is -2.65. The number of hydrogen-bond donors (Lipinski definition) is 1. The summed E-state index contributed by atoms with van der Waals surface area (Å²) >= 11 is 1.47. The van der Waals surface area contributed by atoms with Gasteiger partial charge in [0.15, 0.2) is 0 Å². The molecule has 1 aliphatic heterocycles. The smallest absolute Gasteiger partial charge is 0.267 e. The van der Waals surface area contributed by atoms with Crippen molar-refractivity contribution in [3.05, 3.63) is 52.0 Å². The highest BCUT2D eigenvalue weighted by Gasteiger charge is 2.32. The van der Waals surface area contributed by atoms with E-state index in [1.165, 1.54) is 22.1 Å². The van der Waals surface area contributed by atoms with Gasteiger partial charge in [0, 0.05) is 24.0 Å². The summed E-state index contributed by atoms with van der Waals surface area (Å²) in [6.45, 7) is 2.79. The van der Waals surface area contributed by atoms with Gasteiger partial charge in [-0.25, -0.2) is 4.68 Å². The topological polar surface area (TPSA) is 94.8 Å². The summed E-state index contributed by atoms with van der Waals surface area (Å²) in [4.78, 5) is 16.5. The van der Waals surface area contributed by atoms with Gasteiger partial charge in [0.05, 0.1) is 24.9 Å². The van der Waals surface area contributed by atoms with Gasteiger partial charge >= 0.3 is 0 Å². The SMILES string of the molecule is Cc1nnc(NC2COCC2n2nc(-c3cccnc3)ccc2=O)s1. The lowest BCUT2D eigenvalue weighted by Gasteiger charge is -2.20. The third-order valence-electron chi connectivity index (χ3n) is 3.98. The molecule has 1 saturated heterocycles. The van der Waals surface area contributed by atoms with Crippen LogP contribution >= 0.6 is 11.3 Å². The van der Waals surface area contributed by atoms with Crippen LogP contribution in [0.15, 0.2) is 41.5 Å². The van der Waals surface area contributed by atoms with Crippen molar-refractivity contribution in [1.29, 1.82) is 0 Å². The van der Waals surface area contributed by atoms with E-state index in [4.69, 9.17) is 4.74 Å². The van der Waals surface area contributed by atoms with Crippen LogP contribution in [-0.4, -0.2) is 44.2 Å². The Kier molecular flexibility index (Phi) is 4.24. The number of nitrogens with zero attached hydrogens (tertiary/aromatic N) is 5. The molecule has 8 nitrogen and oxygen atoms in total. The first-order chi connectivity index (χ1) is 12.2. The van der Waals surface area contributed by atoms with Crippen molar-refractivity contribution in [2.24, 2.45) is 0 Å². The van der Waals surface area contributed by atoms with Crippen molar-refractivity contribution >= 4 is 16.5 Å². The Bertz CT molecular complexity index is 926. The van der Waals surface area contributed by atoms with Crippen LogP contribution in [0.3, 0.4) is 0 Å². The fourth-order valence-corrected chi connectivity index (χ4v) is 3.42. The van der Waals surface area contributed by atoms with Crippen molar-refractivity contribution in [2.45, 2.75) is 19.0 Å². The minimum atomic E-state index is -0.215. The molecule has 4 rings (SSSR count). The largest absolute Gasteiger partial charge is 0.377 e. The highest BCUT2D eigenvalue weighted by atomic mass is 32.1. The molecule has 9 heteroatoms. The molecule has 0 amide bonds. The number of hydrogen-bond acceptors (Lipinski definition) is 8. The van der Waals surface area contributed by atoms with E-state index in [-0.39, 0.29) is 17.6 Å². The number of pyridine rings is 1. The van der Waals surface area contributed by atoms with E-state index in [0.717, 1.165) is 15.7 Å². The summed E-state index contributed by atoms with van der Waals surface area (Å²) in [5, 5.41) is 17.5. The minimum absolute atomic E-state index is 0.0956. The van der Waals surface area contributed by atoms with Gasteiger partial charge in [-0.05, 0) is 25.1 Å². The Labute approximate surface area is 147 Å². The lowest BCUT2D eigenvalue weighted by molar-refractivity contribution is 0.183. The zero-order chi connectivity index (χ0) is 17.2. The number of nitrogens with one attached hydrogen (secondary N) is 1. The molecular weight excluding hydrogens is 340 g/mol. The first-order valence-corrected chi connectivity index (χ1v) is 8.67. The number of rotatable bonds is 4. The maximum atomic E-state index is 12.4. The molecule has 2 unspecified atom stereocenters. The third kappa shape index (κ3) is 3.28. The molecule has 4 heterocycles. The summed E-state index contributed by atoms with van der Waals surface area (Å²) < 4.78 is 7.07. The number of aryl methyl sites for hydroxylation is 1. The van der Waals surface area contributed by atoms with Gasteiger partial charge < -0.3 is 10.1 Å². The summed E-state index contributed by atoms with van der Waals surface area (Å²) in [7, 11) is 0. The zero-order valence-electron chi connectivity index (χ0n) is 13.5. The summed E-state index contributed by atoms with van der Waals surface area (Å²) in [5.41, 5.74) is 1.40. The Morgan fingerprint density at radius 3 is 2.96 bits per heavy atom. The molecule has 0 aliphatic carbocycles. The van der Waals surface area contributed by atoms with Gasteiger partial charge in [0.25, 0.3) is 5.56 Å². The Morgan fingerprint density at radius 1 is 1.28 bits per heavy atom. The van der Waals surface area contributed by atoms with Crippen LogP contribution in [0.25, 0.3) is 11.3 Å². The molecule has 0 spiro atoms. The lowest BCUT2D eigenvalue weighted by Crippen LogP contribution is -2.37. The van der Waals surface area contributed by atoms with Gasteiger partial charge in [0.2, 0.25) is 5.13 Å². The number of anilines is 1. The highest BCUT2D eigenvalue weighted by Crippen LogP contribution is 2.24. The second-order valence-corrected chi connectivity index (χ2v) is 6.91. The molecule has 0 bridgehead atoms. The molecular formula is C16H16N6O2S. The monoisotopic (exact) mass is 356 g/mol. The van der Waals surface area contributed by atoms with Gasteiger partial charge in [-0.15, -0.1) is 10.2 Å². The molecule has 0 radical (unpaired) electrons. The molecule has 128 valence electrons. The van der Waals surface area contributed by atoms with Crippen LogP contribution in [0.2, 0.25) is 0 Å². The molecule has 1 aliphatic rings. The third-order valence-corrected chi connectivity index (χ3v) is 4.75. The van der Waals surface area contributed by atoms with Crippen molar-refractivity contribution < 1.29 is 4.74 Å². The summed E-state index contributed by atoms with van der Waals surface area (Å²) in [6.07, 6.45) is 3.43. The van der Waals surface area contributed by atoms with Gasteiger partial charge in [0.1, 0.15) is 11.0 Å². The van der Waals surface area contributed by atoms with E-state index < -0.39 is 0 Å². The van der Waals surface area contributed by atoms with E-state index in [9.17, 15) is 4.79 Å². The van der Waals surface area contributed by atoms with Crippen molar-refractivity contribution in [3.8, 4) is 11.3 Å². The zero-order valence-corrected chi connectivity index (χ0v) is 14.3. The van der Waals surface area contributed by atoms with E-state index in [1.807, 2.05) is 19.1 Å². The van der Waals surface area contributed by atoms with E-state index >= 15 is 0 Å². The highest BCUT2D eigenvalue weighted by molar-refractivity contribution is 7.15. The standard InChI is InChI=1S/C16H16N6O2S/c1-10-19-20-16(25-10)18-13-8-24-9-14(13)22-15(23)5-4-12(21-22)11-3-2-6-17-7-11/h2-7,13-14H,8-9H2,1H3,(H,18,20). The fraction of sp³-hybridized carbons (Fsp3) is 0.312. The van der Waals surface area contributed by atoms with Gasteiger partial charge in [-0.2, -0.15) is 5.10 Å². The van der Waals surface area contributed by atoms with Crippen molar-refractivity contribution in [1.82, 2.24) is 25.0 Å². The van der Waals surface area contributed by atoms with Crippen LogP contribution in [0, 0.1) is 6.92 Å². The number of ether oxygens (including phenoxy) is 1. The lowest BCUT2D eigenvalue weighted by atomic mass is 10.1. The predicted octanol–water partition coefficient (Wildman–Crippen LogP) is 1.52. The fourth-order valence-electron chi connectivity index (χ4n) is 2.77. The summed E-state index contributed by atoms with van der Waals surface area (Å²) in [6, 6.07) is 6.68. The van der Waals surface area contributed by atoms with E-state index in [0.29, 0.717) is 18.9 Å². The van der Waals surface area contributed by atoms with Crippen molar-refractivity contribution in [2.75, 3.05) is 18.5 Å². The first kappa shape index (κ1) is 15.9. The van der Waals surface area contributed by atoms with Crippen LogP contribution in [0.5, 0.6) is 0 Å². The van der Waals surface area contributed by atoms with E-state index in [1.54, 1.807) is 18.5 Å². The first-order valence-electron chi connectivity index (χ1n) is 7.85. The maximum absolute atomic E-state index is 12.4. The average Bonchev–Trinajstić information content (AvgIpc) is 3.25. The summed E-state index contributed by atoms with van der Waals surface area (Å²) in [5.74, 6) is 0. The van der Waals surface area contributed by atoms with Crippen LogP contribution < -0.4 is 10.9 Å². The van der Waals surface area contributed by atoms with Crippen LogP contribution in [-0.2, 0) is 4.74 Å². The molecule has 0 aromatic carbocycles. The van der Waals surface area contributed by atoms with Crippen molar-refractivity contribution in [3.63, 3.8) is 0 Å². The quantitative estimate of drug-likeness (QED) is 0.757. The van der Waals surface area contributed by atoms with Crippen LogP contribution in [0.1, 0.15) is 11.0 Å². The average molecular weight is 356 g/mol. The molecule has 1 fully saturated rings. The molecule has 25 heavy (non-hydrogen) atoms. The Balaban J connectivity index is 1.64. The second kappa shape index (κ2) is 6.69. The predicted molar refractivity (Wildman–Crippen MR) is 93.6 cm³/mol. The van der Waals surface area contributed by atoms with E-state index in [2.05, 4.69) is 25.6 Å².